The molecule has 0 radical (unpaired) electrons. The third-order valence-corrected chi connectivity index (χ3v) is 4.79. The van der Waals surface area contributed by atoms with E-state index in [0.29, 0.717) is 6.54 Å². The lowest BCUT2D eigenvalue weighted by molar-refractivity contribution is -0.130. The van der Waals surface area contributed by atoms with Gasteiger partial charge in [0.15, 0.2) is 5.03 Å². The Bertz CT molecular complexity index is 604. The zero-order valence-corrected chi connectivity index (χ0v) is 14.3. The Balaban J connectivity index is 0.00000242. The summed E-state index contributed by atoms with van der Waals surface area (Å²) in [7, 11) is -0.217. The molecule has 10 heteroatoms. The number of rotatable bonds is 6. The van der Waals surface area contributed by atoms with E-state index < -0.39 is 10.0 Å². The number of hydrogen-bond acceptors (Lipinski definition) is 5. The summed E-state index contributed by atoms with van der Waals surface area (Å²) in [6.07, 6.45) is 4.69. The predicted molar refractivity (Wildman–Crippen MR) is 84.3 cm³/mol. The predicted octanol–water partition coefficient (Wildman–Crippen LogP) is -0.669. The van der Waals surface area contributed by atoms with Crippen molar-refractivity contribution in [3.8, 4) is 0 Å². The standard InChI is InChI=1S/C12H21N5O3S.ClH/c1-13-6-10-4-3-5-17(10)12(18)7-15-21(19,20)11-8-16(2)9-14-11;/h8-10,13,15H,3-7H2,1-2H3;1H. The summed E-state index contributed by atoms with van der Waals surface area (Å²) >= 11 is 0. The highest BCUT2D eigenvalue weighted by Gasteiger charge is 2.29. The van der Waals surface area contributed by atoms with Crippen LogP contribution in [0.25, 0.3) is 0 Å². The second kappa shape index (κ2) is 7.91. The number of amides is 1. The fourth-order valence-electron chi connectivity index (χ4n) is 2.47. The van der Waals surface area contributed by atoms with Crippen LogP contribution < -0.4 is 10.0 Å². The molecule has 1 atom stereocenters. The fraction of sp³-hybridized carbons (Fsp3) is 0.667. The van der Waals surface area contributed by atoms with Gasteiger partial charge in [-0.3, -0.25) is 4.79 Å². The summed E-state index contributed by atoms with van der Waals surface area (Å²) in [5.41, 5.74) is 0. The van der Waals surface area contributed by atoms with Crippen LogP contribution in [0.2, 0.25) is 0 Å². The fourth-order valence-corrected chi connectivity index (χ4v) is 3.42. The van der Waals surface area contributed by atoms with Gasteiger partial charge in [0.2, 0.25) is 5.91 Å². The number of nitrogens with one attached hydrogen (secondary N) is 2. The Hall–Kier alpha value is -1.16. The highest BCUT2D eigenvalue weighted by atomic mass is 35.5. The van der Waals surface area contributed by atoms with Gasteiger partial charge in [0.25, 0.3) is 10.0 Å². The number of halogens is 1. The largest absolute Gasteiger partial charge is 0.339 e. The zero-order valence-electron chi connectivity index (χ0n) is 12.7. The molecule has 8 nitrogen and oxygen atoms in total. The Kier molecular flexibility index (Phi) is 6.79. The van der Waals surface area contributed by atoms with Crippen LogP contribution in [0.1, 0.15) is 12.8 Å². The molecule has 0 spiro atoms. The molecule has 0 saturated carbocycles. The van der Waals surface area contributed by atoms with Crippen LogP contribution >= 0.6 is 12.4 Å². The summed E-state index contributed by atoms with van der Waals surface area (Å²) < 4.78 is 27.9. The van der Waals surface area contributed by atoms with Gasteiger partial charge in [-0.2, -0.15) is 0 Å². The lowest BCUT2D eigenvalue weighted by Crippen LogP contribution is -2.45. The molecule has 1 aromatic rings. The first kappa shape index (κ1) is 18.9. The molecule has 0 aliphatic carbocycles. The van der Waals surface area contributed by atoms with Gasteiger partial charge < -0.3 is 14.8 Å². The molecule has 2 heterocycles. The number of imidazole rings is 1. The number of nitrogens with zero attached hydrogens (tertiary/aromatic N) is 3. The van der Waals surface area contributed by atoms with Gasteiger partial charge in [0, 0.05) is 32.4 Å². The van der Waals surface area contributed by atoms with E-state index in [2.05, 4.69) is 15.0 Å². The summed E-state index contributed by atoms with van der Waals surface area (Å²) in [4.78, 5) is 17.7. The number of aromatic nitrogens is 2. The molecule has 0 bridgehead atoms. The van der Waals surface area contributed by atoms with Crippen LogP contribution in [0.4, 0.5) is 0 Å². The number of carbonyl (C=O) groups excluding carboxylic acids is 1. The lowest BCUT2D eigenvalue weighted by Gasteiger charge is -2.24. The highest BCUT2D eigenvalue weighted by molar-refractivity contribution is 7.89. The number of sulfonamides is 1. The smallest absolute Gasteiger partial charge is 0.260 e. The van der Waals surface area contributed by atoms with Crippen molar-refractivity contribution >= 4 is 28.3 Å². The summed E-state index contributed by atoms with van der Waals surface area (Å²) in [5, 5.41) is 2.97. The van der Waals surface area contributed by atoms with E-state index in [9.17, 15) is 13.2 Å². The molecule has 1 unspecified atom stereocenters. The van der Waals surface area contributed by atoms with E-state index in [1.54, 1.807) is 16.5 Å². The van der Waals surface area contributed by atoms with E-state index >= 15 is 0 Å². The number of aryl methyl sites for hydroxylation is 1. The van der Waals surface area contributed by atoms with Crippen LogP contribution in [0.3, 0.4) is 0 Å². The first-order chi connectivity index (χ1) is 9.94. The van der Waals surface area contributed by atoms with Crippen molar-refractivity contribution in [1.29, 1.82) is 0 Å². The van der Waals surface area contributed by atoms with E-state index in [1.165, 1.54) is 12.5 Å². The third-order valence-electron chi connectivity index (χ3n) is 3.51. The average Bonchev–Trinajstić information content (AvgIpc) is 3.06. The Labute approximate surface area is 136 Å². The number of likely N-dealkylation sites (N-methyl/N-ethyl adjacent to an activating group) is 1. The van der Waals surface area contributed by atoms with E-state index in [0.717, 1.165) is 19.4 Å². The summed E-state index contributed by atoms with van der Waals surface area (Å²) in [5.74, 6) is -0.202. The van der Waals surface area contributed by atoms with Crippen LogP contribution in [0.15, 0.2) is 17.6 Å². The maximum Gasteiger partial charge on any atom is 0.260 e. The van der Waals surface area contributed by atoms with Gasteiger partial charge in [-0.1, -0.05) is 0 Å². The quantitative estimate of drug-likeness (QED) is 0.708. The van der Waals surface area contributed by atoms with Crippen molar-refractivity contribution in [2.75, 3.05) is 26.7 Å². The van der Waals surface area contributed by atoms with Crippen molar-refractivity contribution in [1.82, 2.24) is 24.5 Å². The first-order valence-corrected chi connectivity index (χ1v) is 8.34. The average molecular weight is 352 g/mol. The lowest BCUT2D eigenvalue weighted by atomic mass is 10.2. The van der Waals surface area contributed by atoms with Gasteiger partial charge in [-0.05, 0) is 19.9 Å². The Morgan fingerprint density at radius 1 is 1.50 bits per heavy atom. The number of carbonyl (C=O) groups is 1. The molecular weight excluding hydrogens is 330 g/mol. The van der Waals surface area contributed by atoms with Gasteiger partial charge in [0.1, 0.15) is 0 Å². The second-order valence-corrected chi connectivity index (χ2v) is 6.86. The van der Waals surface area contributed by atoms with Crippen LogP contribution in [-0.4, -0.2) is 61.5 Å². The van der Waals surface area contributed by atoms with Gasteiger partial charge in [-0.25, -0.2) is 18.1 Å². The maximum atomic E-state index is 12.2. The number of likely N-dealkylation sites (tertiary alicyclic amines) is 1. The van der Waals surface area contributed by atoms with Crippen molar-refractivity contribution in [2.45, 2.75) is 23.9 Å². The third kappa shape index (κ3) is 4.42. The van der Waals surface area contributed by atoms with Crippen molar-refractivity contribution in [3.05, 3.63) is 12.5 Å². The van der Waals surface area contributed by atoms with Crippen LogP contribution in [-0.2, 0) is 21.9 Å². The molecule has 1 aliphatic rings. The van der Waals surface area contributed by atoms with Crippen LogP contribution in [0.5, 0.6) is 0 Å². The van der Waals surface area contributed by atoms with Gasteiger partial charge in [-0.15, -0.1) is 12.4 Å². The summed E-state index contributed by atoms with van der Waals surface area (Å²) in [6, 6.07) is 0.141. The molecule has 126 valence electrons. The molecule has 2 rings (SSSR count). The maximum absolute atomic E-state index is 12.2. The Morgan fingerprint density at radius 3 is 2.82 bits per heavy atom. The molecule has 0 aromatic carbocycles. The van der Waals surface area contributed by atoms with E-state index in [1.807, 2.05) is 7.05 Å². The molecule has 1 saturated heterocycles. The topological polar surface area (TPSA) is 96.3 Å². The second-order valence-electron chi connectivity index (χ2n) is 5.14. The Morgan fingerprint density at radius 2 is 2.23 bits per heavy atom. The molecule has 22 heavy (non-hydrogen) atoms. The van der Waals surface area contributed by atoms with Gasteiger partial charge >= 0.3 is 0 Å². The normalized spacial score (nSPS) is 18.3. The number of hydrogen-bond donors (Lipinski definition) is 2. The minimum atomic E-state index is -3.74. The molecule has 1 fully saturated rings. The van der Waals surface area contributed by atoms with Gasteiger partial charge in [0.05, 0.1) is 12.9 Å². The highest BCUT2D eigenvalue weighted by Crippen LogP contribution is 2.16. The minimum absolute atomic E-state index is 0. The van der Waals surface area contributed by atoms with E-state index in [-0.39, 0.29) is 35.9 Å². The van der Waals surface area contributed by atoms with Crippen LogP contribution in [0, 0.1) is 0 Å². The molecule has 1 aliphatic heterocycles. The molecule has 2 N–H and O–H groups in total. The zero-order chi connectivity index (χ0) is 15.5. The van der Waals surface area contributed by atoms with Crippen molar-refractivity contribution < 1.29 is 13.2 Å². The molecular formula is C12H22ClN5O3S. The SMILES string of the molecule is CNCC1CCCN1C(=O)CNS(=O)(=O)c1cn(C)cn1.Cl. The minimum Gasteiger partial charge on any atom is -0.339 e. The summed E-state index contributed by atoms with van der Waals surface area (Å²) in [6.45, 7) is 1.16. The van der Waals surface area contributed by atoms with E-state index in [4.69, 9.17) is 0 Å². The van der Waals surface area contributed by atoms with Crippen molar-refractivity contribution in [2.24, 2.45) is 7.05 Å². The molecule has 1 amide bonds. The monoisotopic (exact) mass is 351 g/mol. The first-order valence-electron chi connectivity index (χ1n) is 6.85. The van der Waals surface area contributed by atoms with Crippen molar-refractivity contribution in [3.63, 3.8) is 0 Å². The molecule has 1 aromatic heterocycles.